The number of carbonyl (C=O) groups is 1. The molecule has 1 atom stereocenters. The number of aliphatic imine (C=N–C) groups is 1. The Bertz CT molecular complexity index is 1260. The van der Waals surface area contributed by atoms with E-state index in [1.54, 1.807) is 0 Å². The SMILES string of the molecule is CC1(C)C(N)=N[C@](C)(c2cc(C(=O)Nc3ccc(C#N)cc3O)ccc2F)CS1(=O)=O. The molecule has 3 rings (SSSR count). The van der Waals surface area contributed by atoms with Gasteiger partial charge in [-0.3, -0.25) is 9.79 Å². The smallest absolute Gasteiger partial charge is 0.255 e. The Balaban J connectivity index is 2.00. The molecule has 162 valence electrons. The standard InChI is InChI=1S/C21H21FN4O4S/c1-20(2)19(24)26-21(3,11-31(20,29)30)14-9-13(5-6-15(14)22)18(28)25-16-7-4-12(10-23)8-17(16)27/h4-9,27H,11H2,1-3H3,(H2,24,26)(H,25,28)/t21-/m0/s1. The van der Waals surface area contributed by atoms with Gasteiger partial charge >= 0.3 is 0 Å². The Morgan fingerprint density at radius 2 is 1.94 bits per heavy atom. The topological polar surface area (TPSA) is 146 Å². The van der Waals surface area contributed by atoms with Crippen molar-refractivity contribution < 1.29 is 22.7 Å². The third-order valence-electron chi connectivity index (χ3n) is 5.42. The van der Waals surface area contributed by atoms with Gasteiger partial charge in [0, 0.05) is 11.1 Å². The number of hydrogen-bond acceptors (Lipinski definition) is 7. The highest BCUT2D eigenvalue weighted by Crippen LogP contribution is 2.38. The van der Waals surface area contributed by atoms with Gasteiger partial charge in [0.1, 0.15) is 27.7 Å². The minimum atomic E-state index is -3.76. The molecule has 0 spiro atoms. The summed E-state index contributed by atoms with van der Waals surface area (Å²) < 4.78 is 38.8. The molecule has 1 aliphatic heterocycles. The van der Waals surface area contributed by atoms with Crippen LogP contribution in [0.15, 0.2) is 41.4 Å². The second kappa shape index (κ2) is 7.35. The molecule has 0 radical (unpaired) electrons. The van der Waals surface area contributed by atoms with Crippen molar-refractivity contribution >= 4 is 27.3 Å². The van der Waals surface area contributed by atoms with Crippen LogP contribution in [-0.4, -0.2) is 35.8 Å². The monoisotopic (exact) mass is 444 g/mol. The third kappa shape index (κ3) is 3.84. The van der Waals surface area contributed by atoms with Gasteiger partial charge in [-0.15, -0.1) is 0 Å². The largest absolute Gasteiger partial charge is 0.506 e. The number of anilines is 1. The summed E-state index contributed by atoms with van der Waals surface area (Å²) in [6.07, 6.45) is 0. The van der Waals surface area contributed by atoms with E-state index in [1.807, 2.05) is 6.07 Å². The quantitative estimate of drug-likeness (QED) is 0.620. The first-order chi connectivity index (χ1) is 14.3. The van der Waals surface area contributed by atoms with E-state index in [2.05, 4.69) is 10.3 Å². The lowest BCUT2D eigenvalue weighted by Crippen LogP contribution is -2.55. The van der Waals surface area contributed by atoms with Gasteiger partial charge in [0.05, 0.1) is 23.1 Å². The Kier molecular flexibility index (Phi) is 5.28. The maximum Gasteiger partial charge on any atom is 0.255 e. The van der Waals surface area contributed by atoms with Crippen molar-refractivity contribution in [1.82, 2.24) is 0 Å². The maximum absolute atomic E-state index is 14.7. The molecule has 1 heterocycles. The Morgan fingerprint density at radius 1 is 1.26 bits per heavy atom. The number of nitrogens with two attached hydrogens (primary N) is 1. The van der Waals surface area contributed by atoms with E-state index < -0.39 is 37.6 Å². The van der Waals surface area contributed by atoms with Gasteiger partial charge in [-0.05, 0) is 57.2 Å². The number of phenolic OH excluding ortho intramolecular Hbond substituents is 1. The zero-order valence-corrected chi connectivity index (χ0v) is 17.9. The molecule has 1 amide bonds. The van der Waals surface area contributed by atoms with E-state index in [1.165, 1.54) is 51.1 Å². The molecule has 0 fully saturated rings. The highest BCUT2D eigenvalue weighted by Gasteiger charge is 2.49. The minimum Gasteiger partial charge on any atom is -0.506 e. The second-order valence-electron chi connectivity index (χ2n) is 8.03. The summed E-state index contributed by atoms with van der Waals surface area (Å²) in [6.45, 7) is 4.31. The van der Waals surface area contributed by atoms with Crippen LogP contribution in [0.1, 0.15) is 42.3 Å². The van der Waals surface area contributed by atoms with E-state index in [-0.39, 0.29) is 34.0 Å². The van der Waals surface area contributed by atoms with Crippen molar-refractivity contribution in [1.29, 1.82) is 5.26 Å². The Hall–Kier alpha value is -3.45. The number of hydrogen-bond donors (Lipinski definition) is 3. The zero-order valence-electron chi connectivity index (χ0n) is 17.1. The lowest BCUT2D eigenvalue weighted by atomic mass is 9.91. The van der Waals surface area contributed by atoms with Crippen molar-refractivity contribution in [3.8, 4) is 11.8 Å². The number of sulfone groups is 1. The number of carbonyl (C=O) groups excluding carboxylic acids is 1. The first kappa shape index (κ1) is 22.2. The number of phenols is 1. The first-order valence-electron chi connectivity index (χ1n) is 9.23. The highest BCUT2D eigenvalue weighted by atomic mass is 32.2. The molecule has 8 nitrogen and oxygen atoms in total. The number of amidine groups is 1. The van der Waals surface area contributed by atoms with Crippen LogP contribution in [0.3, 0.4) is 0 Å². The number of nitriles is 1. The van der Waals surface area contributed by atoms with Gasteiger partial charge in [0.15, 0.2) is 9.84 Å². The maximum atomic E-state index is 14.7. The summed E-state index contributed by atoms with van der Waals surface area (Å²) in [5.41, 5.74) is 4.60. The normalized spacial score (nSPS) is 21.6. The van der Waals surface area contributed by atoms with Crippen molar-refractivity contribution in [2.75, 3.05) is 11.1 Å². The summed E-state index contributed by atoms with van der Waals surface area (Å²) in [7, 11) is -3.76. The van der Waals surface area contributed by atoms with Gasteiger partial charge in [0.25, 0.3) is 5.91 Å². The van der Waals surface area contributed by atoms with Gasteiger partial charge in [-0.2, -0.15) is 5.26 Å². The highest BCUT2D eigenvalue weighted by molar-refractivity contribution is 7.93. The van der Waals surface area contributed by atoms with E-state index in [4.69, 9.17) is 11.0 Å². The third-order valence-corrected chi connectivity index (χ3v) is 8.12. The first-order valence-corrected chi connectivity index (χ1v) is 10.9. The van der Waals surface area contributed by atoms with Crippen LogP contribution in [0.4, 0.5) is 10.1 Å². The van der Waals surface area contributed by atoms with Crippen LogP contribution in [0.25, 0.3) is 0 Å². The predicted octanol–water partition coefficient (Wildman–Crippen LogP) is 2.43. The average molecular weight is 444 g/mol. The Labute approximate surface area is 179 Å². The van der Waals surface area contributed by atoms with Crippen molar-refractivity contribution in [2.24, 2.45) is 10.7 Å². The lowest BCUT2D eigenvalue weighted by molar-refractivity contribution is 0.102. The van der Waals surface area contributed by atoms with E-state index in [0.717, 1.165) is 6.07 Å². The van der Waals surface area contributed by atoms with Crippen LogP contribution in [0.5, 0.6) is 5.75 Å². The summed E-state index contributed by atoms with van der Waals surface area (Å²) in [5, 5.41) is 21.3. The molecule has 2 aromatic carbocycles. The summed E-state index contributed by atoms with van der Waals surface area (Å²) in [4.78, 5) is 17.0. The fraction of sp³-hybridized carbons (Fsp3) is 0.286. The number of rotatable bonds is 3. The van der Waals surface area contributed by atoms with Crippen LogP contribution in [-0.2, 0) is 15.4 Å². The predicted molar refractivity (Wildman–Crippen MR) is 114 cm³/mol. The van der Waals surface area contributed by atoms with E-state index in [9.17, 15) is 22.7 Å². The number of aromatic hydroxyl groups is 1. The van der Waals surface area contributed by atoms with Crippen molar-refractivity contribution in [2.45, 2.75) is 31.1 Å². The number of halogens is 1. The molecule has 0 aromatic heterocycles. The molecule has 0 saturated carbocycles. The number of nitrogens with zero attached hydrogens (tertiary/aromatic N) is 2. The van der Waals surface area contributed by atoms with Crippen LogP contribution in [0, 0.1) is 17.1 Å². The molecule has 31 heavy (non-hydrogen) atoms. The summed E-state index contributed by atoms with van der Waals surface area (Å²) in [6, 6.07) is 9.33. The molecule has 0 unspecified atom stereocenters. The number of nitrogens with one attached hydrogen (secondary N) is 1. The number of amides is 1. The summed E-state index contributed by atoms with van der Waals surface area (Å²) in [5.74, 6) is -2.32. The molecule has 2 aromatic rings. The van der Waals surface area contributed by atoms with E-state index in [0.29, 0.717) is 0 Å². The van der Waals surface area contributed by atoms with Gasteiger partial charge in [-0.1, -0.05) is 0 Å². The summed E-state index contributed by atoms with van der Waals surface area (Å²) >= 11 is 0. The second-order valence-corrected chi connectivity index (χ2v) is 10.6. The van der Waals surface area contributed by atoms with Crippen molar-refractivity contribution in [3.05, 3.63) is 58.9 Å². The Morgan fingerprint density at radius 3 is 2.52 bits per heavy atom. The molecule has 0 bridgehead atoms. The van der Waals surface area contributed by atoms with Crippen molar-refractivity contribution in [3.63, 3.8) is 0 Å². The molecule has 0 aliphatic carbocycles. The molecule has 0 saturated heterocycles. The van der Waals surface area contributed by atoms with Gasteiger partial charge < -0.3 is 16.2 Å². The lowest BCUT2D eigenvalue weighted by Gasteiger charge is -2.38. The fourth-order valence-electron chi connectivity index (χ4n) is 3.26. The average Bonchev–Trinajstić information content (AvgIpc) is 2.68. The number of benzene rings is 2. The zero-order chi connectivity index (χ0) is 23.2. The minimum absolute atomic E-state index is 0.0254. The molecular formula is C21H21FN4O4S. The van der Waals surface area contributed by atoms with Gasteiger partial charge in [-0.25, -0.2) is 12.8 Å². The molecule has 4 N–H and O–H groups in total. The molecule has 10 heteroatoms. The van der Waals surface area contributed by atoms with Crippen LogP contribution < -0.4 is 11.1 Å². The molecular weight excluding hydrogens is 423 g/mol. The van der Waals surface area contributed by atoms with E-state index >= 15 is 0 Å². The van der Waals surface area contributed by atoms with Crippen LogP contribution in [0.2, 0.25) is 0 Å². The fourth-order valence-corrected chi connectivity index (χ4v) is 4.95. The van der Waals surface area contributed by atoms with Gasteiger partial charge in [0.2, 0.25) is 0 Å². The molecule has 1 aliphatic rings. The van der Waals surface area contributed by atoms with Crippen LogP contribution >= 0.6 is 0 Å².